The third-order valence-corrected chi connectivity index (χ3v) is 3.86. The van der Waals surface area contributed by atoms with Crippen molar-refractivity contribution in [1.29, 1.82) is 0 Å². The number of hydrogen-bond acceptors (Lipinski definition) is 5. The first-order valence-corrected chi connectivity index (χ1v) is 7.76. The zero-order valence-electron chi connectivity index (χ0n) is 11.4. The van der Waals surface area contributed by atoms with E-state index in [-0.39, 0.29) is 12.2 Å². The van der Waals surface area contributed by atoms with Crippen LogP contribution in [-0.4, -0.2) is 15.8 Å². The van der Waals surface area contributed by atoms with Crippen LogP contribution in [0.2, 0.25) is 5.02 Å². The number of hydrogen-bond donors (Lipinski definition) is 0. The Labute approximate surface area is 136 Å². The van der Waals surface area contributed by atoms with E-state index in [0.717, 1.165) is 5.01 Å². The van der Waals surface area contributed by atoms with Crippen LogP contribution in [0.15, 0.2) is 54.3 Å². The number of benzene rings is 1. The van der Waals surface area contributed by atoms with Gasteiger partial charge in [0.2, 0.25) is 0 Å². The van der Waals surface area contributed by atoms with Crippen LogP contribution in [-0.2, 0) is 6.42 Å². The van der Waals surface area contributed by atoms with E-state index in [1.54, 1.807) is 48.9 Å². The van der Waals surface area contributed by atoms with Crippen LogP contribution in [0.5, 0.6) is 11.5 Å². The molecule has 3 rings (SSSR count). The van der Waals surface area contributed by atoms with Crippen molar-refractivity contribution in [2.45, 2.75) is 6.42 Å². The molecule has 1 aromatic carbocycles. The van der Waals surface area contributed by atoms with Gasteiger partial charge in [-0.15, -0.1) is 11.3 Å². The van der Waals surface area contributed by atoms with Crippen molar-refractivity contribution in [2.75, 3.05) is 0 Å². The van der Waals surface area contributed by atoms with E-state index in [1.165, 1.54) is 11.3 Å². The Bertz CT molecular complexity index is 776. The number of carbonyl (C=O) groups is 1. The molecule has 0 fully saturated rings. The van der Waals surface area contributed by atoms with Gasteiger partial charge in [-0.05, 0) is 30.3 Å². The fourth-order valence-corrected chi connectivity index (χ4v) is 2.75. The molecule has 0 radical (unpaired) electrons. The summed E-state index contributed by atoms with van der Waals surface area (Å²) in [6, 6.07) is 8.52. The van der Waals surface area contributed by atoms with Gasteiger partial charge in [0, 0.05) is 28.4 Å². The van der Waals surface area contributed by atoms with Crippen molar-refractivity contribution in [2.24, 2.45) is 0 Å². The molecular formula is C16H11ClN2O2S. The second-order valence-electron chi connectivity index (χ2n) is 4.49. The summed E-state index contributed by atoms with van der Waals surface area (Å²) in [5, 5.41) is 3.07. The highest BCUT2D eigenvalue weighted by atomic mass is 35.5. The Morgan fingerprint density at radius 3 is 2.86 bits per heavy atom. The van der Waals surface area contributed by atoms with Gasteiger partial charge in [0.1, 0.15) is 16.5 Å². The van der Waals surface area contributed by atoms with E-state index in [1.807, 2.05) is 5.38 Å². The summed E-state index contributed by atoms with van der Waals surface area (Å²) in [6.07, 6.45) is 5.19. The molecule has 6 heteroatoms. The summed E-state index contributed by atoms with van der Waals surface area (Å²) in [5.41, 5.74) is 0.501. The smallest absolute Gasteiger partial charge is 0.169 e. The van der Waals surface area contributed by atoms with Crippen molar-refractivity contribution < 1.29 is 9.53 Å². The zero-order chi connectivity index (χ0) is 15.4. The number of halogens is 1. The number of thiazole rings is 1. The molecule has 3 aromatic rings. The average Bonchev–Trinajstić information content (AvgIpc) is 3.00. The van der Waals surface area contributed by atoms with Crippen molar-refractivity contribution in [3.63, 3.8) is 0 Å². The third kappa shape index (κ3) is 3.69. The van der Waals surface area contributed by atoms with E-state index >= 15 is 0 Å². The van der Waals surface area contributed by atoms with Crippen LogP contribution < -0.4 is 4.74 Å². The maximum Gasteiger partial charge on any atom is 0.169 e. The van der Waals surface area contributed by atoms with Crippen molar-refractivity contribution in [1.82, 2.24) is 9.97 Å². The maximum absolute atomic E-state index is 12.3. The summed E-state index contributed by atoms with van der Waals surface area (Å²) in [7, 11) is 0. The molecule has 110 valence electrons. The lowest BCUT2D eigenvalue weighted by atomic mass is 10.1. The Morgan fingerprint density at radius 1 is 1.23 bits per heavy atom. The van der Waals surface area contributed by atoms with E-state index in [4.69, 9.17) is 16.3 Å². The SMILES string of the molecule is O=C(Cc1nccs1)c1cc(Cl)cc(Oc2cccnc2)c1. The number of Topliss-reactive ketones (excluding diaryl/α,β-unsaturated/α-hetero) is 1. The third-order valence-electron chi connectivity index (χ3n) is 2.86. The molecule has 0 saturated carbocycles. The van der Waals surface area contributed by atoms with Gasteiger partial charge >= 0.3 is 0 Å². The predicted octanol–water partition coefficient (Wildman–Crippen LogP) is 4.41. The summed E-state index contributed by atoms with van der Waals surface area (Å²) < 4.78 is 5.67. The molecule has 0 atom stereocenters. The molecule has 0 amide bonds. The van der Waals surface area contributed by atoms with Gasteiger partial charge in [-0.25, -0.2) is 4.98 Å². The maximum atomic E-state index is 12.3. The molecule has 0 aliphatic heterocycles. The van der Waals surface area contributed by atoms with Gasteiger partial charge in [0.15, 0.2) is 5.78 Å². The van der Waals surface area contributed by atoms with Crippen LogP contribution in [0.3, 0.4) is 0 Å². The second-order valence-corrected chi connectivity index (χ2v) is 5.91. The summed E-state index contributed by atoms with van der Waals surface area (Å²) in [4.78, 5) is 20.4. The molecule has 0 saturated heterocycles. The van der Waals surface area contributed by atoms with E-state index in [9.17, 15) is 4.79 Å². The number of carbonyl (C=O) groups excluding carboxylic acids is 1. The second kappa shape index (κ2) is 6.68. The molecule has 0 aliphatic carbocycles. The molecule has 0 spiro atoms. The molecule has 0 bridgehead atoms. The van der Waals surface area contributed by atoms with Crippen molar-refractivity contribution >= 4 is 28.7 Å². The molecule has 2 aromatic heterocycles. The first-order valence-electron chi connectivity index (χ1n) is 6.51. The highest BCUT2D eigenvalue weighted by Gasteiger charge is 2.12. The number of pyridine rings is 1. The Kier molecular flexibility index (Phi) is 4.46. The van der Waals surface area contributed by atoms with Crippen molar-refractivity contribution in [3.8, 4) is 11.5 Å². The molecular weight excluding hydrogens is 320 g/mol. The van der Waals surface area contributed by atoms with Gasteiger partial charge in [-0.2, -0.15) is 0 Å². The molecule has 2 heterocycles. The molecule has 4 nitrogen and oxygen atoms in total. The summed E-state index contributed by atoms with van der Waals surface area (Å²) >= 11 is 7.53. The molecule has 0 unspecified atom stereocenters. The summed E-state index contributed by atoms with van der Waals surface area (Å²) in [5.74, 6) is 1.04. The monoisotopic (exact) mass is 330 g/mol. The minimum absolute atomic E-state index is 0.0477. The topological polar surface area (TPSA) is 52.1 Å². The average molecular weight is 331 g/mol. The van der Waals surface area contributed by atoms with Crippen LogP contribution >= 0.6 is 22.9 Å². The number of nitrogens with zero attached hydrogens (tertiary/aromatic N) is 2. The predicted molar refractivity (Wildman–Crippen MR) is 85.9 cm³/mol. The van der Waals surface area contributed by atoms with Crippen LogP contribution in [0.1, 0.15) is 15.4 Å². The Morgan fingerprint density at radius 2 is 2.14 bits per heavy atom. The molecule has 0 N–H and O–H groups in total. The van der Waals surface area contributed by atoms with Crippen molar-refractivity contribution in [3.05, 3.63) is 69.9 Å². The van der Waals surface area contributed by atoms with Gasteiger partial charge in [-0.3, -0.25) is 9.78 Å². The lowest BCUT2D eigenvalue weighted by molar-refractivity contribution is 0.0992. The number of aromatic nitrogens is 2. The standard InChI is InChI=1S/C16H11ClN2O2S/c17-12-6-11(15(20)9-16-19-4-5-22-16)7-14(8-12)21-13-2-1-3-18-10-13/h1-8,10H,9H2. The fourth-order valence-electron chi connectivity index (χ4n) is 1.91. The van der Waals surface area contributed by atoms with Gasteiger partial charge in [0.05, 0.1) is 12.6 Å². The zero-order valence-corrected chi connectivity index (χ0v) is 13.0. The normalized spacial score (nSPS) is 10.4. The van der Waals surface area contributed by atoms with Crippen LogP contribution in [0.25, 0.3) is 0 Å². The van der Waals surface area contributed by atoms with E-state index in [2.05, 4.69) is 9.97 Å². The van der Waals surface area contributed by atoms with E-state index in [0.29, 0.717) is 22.1 Å². The Balaban J connectivity index is 1.81. The summed E-state index contributed by atoms with van der Waals surface area (Å²) in [6.45, 7) is 0. The Hall–Kier alpha value is -2.24. The first-order chi connectivity index (χ1) is 10.7. The van der Waals surface area contributed by atoms with Gasteiger partial charge in [-0.1, -0.05) is 11.6 Å². The highest BCUT2D eigenvalue weighted by Crippen LogP contribution is 2.26. The molecule has 22 heavy (non-hydrogen) atoms. The number of ether oxygens (including phenoxy) is 1. The van der Waals surface area contributed by atoms with Crippen LogP contribution in [0, 0.1) is 0 Å². The number of ketones is 1. The minimum Gasteiger partial charge on any atom is -0.456 e. The lowest BCUT2D eigenvalue weighted by Gasteiger charge is -2.07. The number of rotatable bonds is 5. The van der Waals surface area contributed by atoms with E-state index < -0.39 is 0 Å². The van der Waals surface area contributed by atoms with Gasteiger partial charge < -0.3 is 4.74 Å². The lowest BCUT2D eigenvalue weighted by Crippen LogP contribution is -2.03. The van der Waals surface area contributed by atoms with Crippen LogP contribution in [0.4, 0.5) is 0 Å². The van der Waals surface area contributed by atoms with Gasteiger partial charge in [0.25, 0.3) is 0 Å². The highest BCUT2D eigenvalue weighted by molar-refractivity contribution is 7.09. The quantitative estimate of drug-likeness (QED) is 0.650. The molecule has 0 aliphatic rings. The fraction of sp³-hybridized carbons (Fsp3) is 0.0625. The minimum atomic E-state index is -0.0477. The largest absolute Gasteiger partial charge is 0.456 e. The first kappa shape index (κ1) is 14.7.